The third-order valence-electron chi connectivity index (χ3n) is 6.20. The number of hydrogen-bond acceptors (Lipinski definition) is 4. The lowest BCUT2D eigenvalue weighted by Crippen LogP contribution is -2.48. The lowest BCUT2D eigenvalue weighted by atomic mass is 9.84. The molecule has 1 fully saturated rings. The highest BCUT2D eigenvalue weighted by Gasteiger charge is 2.55. The summed E-state index contributed by atoms with van der Waals surface area (Å²) in [7, 11) is 0. The lowest BCUT2D eigenvalue weighted by molar-refractivity contribution is -0.135. The Labute approximate surface area is 188 Å². The number of nitrogens with zero attached hydrogens (tertiary/aromatic N) is 1. The van der Waals surface area contributed by atoms with Crippen molar-refractivity contribution in [3.8, 4) is 5.75 Å². The SMILES string of the molecule is CC(C)c1cccc(C(C)C)c1NC(=O)CN1C(=O)NC2(CCOc3ccccc32)C1=O. The average Bonchev–Trinajstić information content (AvgIpc) is 2.98. The molecule has 1 atom stereocenters. The Balaban J connectivity index is 1.59. The van der Waals surface area contributed by atoms with Crippen molar-refractivity contribution >= 4 is 23.5 Å². The fraction of sp³-hybridized carbons (Fsp3) is 0.400. The van der Waals surface area contributed by atoms with E-state index in [4.69, 9.17) is 4.74 Å². The molecule has 7 heteroatoms. The van der Waals surface area contributed by atoms with Crippen LogP contribution in [0.25, 0.3) is 0 Å². The van der Waals surface area contributed by atoms with Crippen LogP contribution >= 0.6 is 0 Å². The molecular formula is C25H29N3O4. The van der Waals surface area contributed by atoms with E-state index < -0.39 is 23.4 Å². The molecule has 0 bridgehead atoms. The van der Waals surface area contributed by atoms with Crippen LogP contribution in [0.1, 0.15) is 62.6 Å². The van der Waals surface area contributed by atoms with Crippen molar-refractivity contribution in [2.75, 3.05) is 18.5 Å². The number of carbonyl (C=O) groups excluding carboxylic acids is 3. The molecule has 2 aliphatic heterocycles. The van der Waals surface area contributed by atoms with Crippen molar-refractivity contribution in [1.29, 1.82) is 0 Å². The second-order valence-electron chi connectivity index (χ2n) is 8.99. The van der Waals surface area contributed by atoms with Crippen LogP contribution in [0.15, 0.2) is 42.5 Å². The number of amides is 4. The summed E-state index contributed by atoms with van der Waals surface area (Å²) in [5.74, 6) is 0.173. The van der Waals surface area contributed by atoms with Crippen molar-refractivity contribution in [3.63, 3.8) is 0 Å². The number of fused-ring (bicyclic) bond motifs is 2. The highest BCUT2D eigenvalue weighted by Crippen LogP contribution is 2.41. The van der Waals surface area contributed by atoms with E-state index in [-0.39, 0.29) is 18.4 Å². The third-order valence-corrected chi connectivity index (χ3v) is 6.20. The summed E-state index contributed by atoms with van der Waals surface area (Å²) in [6.07, 6.45) is 0.320. The number of nitrogens with one attached hydrogen (secondary N) is 2. The van der Waals surface area contributed by atoms with E-state index in [0.717, 1.165) is 21.7 Å². The number of ether oxygens (including phenoxy) is 1. The number of urea groups is 1. The average molecular weight is 436 g/mol. The number of rotatable bonds is 5. The van der Waals surface area contributed by atoms with Crippen molar-refractivity contribution < 1.29 is 19.1 Å². The van der Waals surface area contributed by atoms with Gasteiger partial charge in [0, 0.05) is 17.7 Å². The molecule has 32 heavy (non-hydrogen) atoms. The first-order valence-corrected chi connectivity index (χ1v) is 11.0. The molecule has 1 spiro atoms. The van der Waals surface area contributed by atoms with Gasteiger partial charge in [0.05, 0.1) is 6.61 Å². The van der Waals surface area contributed by atoms with E-state index >= 15 is 0 Å². The maximum absolute atomic E-state index is 13.4. The predicted octanol–water partition coefficient (Wildman–Crippen LogP) is 4.10. The van der Waals surface area contributed by atoms with E-state index in [2.05, 4.69) is 38.3 Å². The molecular weight excluding hydrogens is 406 g/mol. The Morgan fingerprint density at radius 2 is 1.72 bits per heavy atom. The first-order chi connectivity index (χ1) is 15.2. The lowest BCUT2D eigenvalue weighted by Gasteiger charge is -2.33. The van der Waals surface area contributed by atoms with Crippen molar-refractivity contribution in [2.24, 2.45) is 0 Å². The largest absolute Gasteiger partial charge is 0.493 e. The minimum atomic E-state index is -1.19. The van der Waals surface area contributed by atoms with Gasteiger partial charge < -0.3 is 15.4 Å². The molecule has 2 N–H and O–H groups in total. The number of para-hydroxylation sites is 2. The van der Waals surface area contributed by atoms with Gasteiger partial charge in [-0.15, -0.1) is 0 Å². The van der Waals surface area contributed by atoms with Gasteiger partial charge in [-0.1, -0.05) is 64.1 Å². The molecule has 0 aromatic heterocycles. The summed E-state index contributed by atoms with van der Waals surface area (Å²) < 4.78 is 5.66. The minimum Gasteiger partial charge on any atom is -0.493 e. The van der Waals surface area contributed by atoms with Gasteiger partial charge in [0.25, 0.3) is 5.91 Å². The van der Waals surface area contributed by atoms with Gasteiger partial charge in [0.1, 0.15) is 12.3 Å². The number of carbonyl (C=O) groups is 3. The molecule has 2 heterocycles. The Hall–Kier alpha value is -3.35. The van der Waals surface area contributed by atoms with Crippen LogP contribution in [0.3, 0.4) is 0 Å². The molecule has 4 rings (SSSR count). The molecule has 168 valence electrons. The van der Waals surface area contributed by atoms with Crippen LogP contribution in [0.4, 0.5) is 10.5 Å². The van der Waals surface area contributed by atoms with E-state index in [1.54, 1.807) is 18.2 Å². The van der Waals surface area contributed by atoms with Crippen LogP contribution in [0.5, 0.6) is 5.75 Å². The van der Waals surface area contributed by atoms with Crippen LogP contribution in [0, 0.1) is 0 Å². The summed E-state index contributed by atoms with van der Waals surface area (Å²) in [4.78, 5) is 40.2. The van der Waals surface area contributed by atoms with E-state index in [9.17, 15) is 14.4 Å². The fourth-order valence-electron chi connectivity index (χ4n) is 4.53. The van der Waals surface area contributed by atoms with E-state index in [1.165, 1.54) is 0 Å². The van der Waals surface area contributed by atoms with Crippen LogP contribution in [-0.2, 0) is 15.1 Å². The van der Waals surface area contributed by atoms with Crippen molar-refractivity contribution in [1.82, 2.24) is 10.2 Å². The van der Waals surface area contributed by atoms with Crippen LogP contribution in [0.2, 0.25) is 0 Å². The normalized spacial score (nSPS) is 19.9. The molecule has 1 saturated heterocycles. The first kappa shape index (κ1) is 21.9. The van der Waals surface area contributed by atoms with E-state index in [0.29, 0.717) is 24.3 Å². The second-order valence-corrected chi connectivity index (χ2v) is 8.99. The smallest absolute Gasteiger partial charge is 0.325 e. The summed E-state index contributed by atoms with van der Waals surface area (Å²) in [5.41, 5.74) is 2.25. The summed E-state index contributed by atoms with van der Waals surface area (Å²) in [6, 6.07) is 12.6. The van der Waals surface area contributed by atoms with Gasteiger partial charge >= 0.3 is 6.03 Å². The Morgan fingerprint density at radius 1 is 1.06 bits per heavy atom. The van der Waals surface area contributed by atoms with Gasteiger partial charge in [0.2, 0.25) is 5.91 Å². The van der Waals surface area contributed by atoms with Gasteiger partial charge in [-0.05, 0) is 29.0 Å². The summed E-state index contributed by atoms with van der Waals surface area (Å²) >= 11 is 0. The molecule has 2 aliphatic rings. The summed E-state index contributed by atoms with van der Waals surface area (Å²) in [5, 5.41) is 5.81. The fourth-order valence-corrected chi connectivity index (χ4v) is 4.53. The Kier molecular flexibility index (Phi) is 5.67. The molecule has 2 aromatic carbocycles. The standard InChI is InChI=1S/C25H29N3O4/c1-15(2)17-8-7-9-18(16(3)4)22(17)26-21(29)14-28-23(30)25(27-24(28)31)12-13-32-20-11-6-5-10-19(20)25/h5-11,15-16H,12-14H2,1-4H3,(H,26,29)(H,27,31). The zero-order valence-electron chi connectivity index (χ0n) is 18.9. The Morgan fingerprint density at radius 3 is 2.38 bits per heavy atom. The maximum atomic E-state index is 13.4. The van der Waals surface area contributed by atoms with Gasteiger partial charge in [0.15, 0.2) is 5.54 Å². The van der Waals surface area contributed by atoms with Gasteiger partial charge in [-0.3, -0.25) is 14.5 Å². The van der Waals surface area contributed by atoms with Crippen molar-refractivity contribution in [2.45, 2.75) is 51.5 Å². The zero-order chi connectivity index (χ0) is 23.0. The molecule has 1 unspecified atom stereocenters. The monoisotopic (exact) mass is 435 g/mol. The second kappa shape index (κ2) is 8.30. The third kappa shape index (κ3) is 3.61. The van der Waals surface area contributed by atoms with Crippen molar-refractivity contribution in [3.05, 3.63) is 59.2 Å². The zero-order valence-corrected chi connectivity index (χ0v) is 18.9. The summed E-state index contributed by atoms with van der Waals surface area (Å²) in [6.45, 7) is 8.23. The highest BCUT2D eigenvalue weighted by molar-refractivity contribution is 6.11. The Bertz CT molecular complexity index is 1050. The van der Waals surface area contributed by atoms with Crippen LogP contribution in [-0.4, -0.2) is 35.9 Å². The predicted molar refractivity (Wildman–Crippen MR) is 122 cm³/mol. The highest BCUT2D eigenvalue weighted by atomic mass is 16.5. The topological polar surface area (TPSA) is 87.7 Å². The number of imide groups is 1. The first-order valence-electron chi connectivity index (χ1n) is 11.0. The quantitative estimate of drug-likeness (QED) is 0.692. The maximum Gasteiger partial charge on any atom is 0.325 e. The van der Waals surface area contributed by atoms with E-state index in [1.807, 2.05) is 24.3 Å². The molecule has 0 radical (unpaired) electrons. The number of anilines is 1. The molecule has 7 nitrogen and oxygen atoms in total. The van der Waals surface area contributed by atoms with Gasteiger partial charge in [-0.2, -0.15) is 0 Å². The molecule has 0 saturated carbocycles. The molecule has 4 amide bonds. The molecule has 2 aromatic rings. The van der Waals surface area contributed by atoms with Crippen LogP contribution < -0.4 is 15.4 Å². The van der Waals surface area contributed by atoms with Gasteiger partial charge in [-0.25, -0.2) is 4.79 Å². The number of hydrogen-bond donors (Lipinski definition) is 2. The number of benzene rings is 2. The minimum absolute atomic E-state index is 0.211. The molecule has 0 aliphatic carbocycles.